The molecule has 1 atom stereocenters. The number of aromatic nitrogens is 2. The van der Waals surface area contributed by atoms with Gasteiger partial charge < -0.3 is 15.0 Å². The summed E-state index contributed by atoms with van der Waals surface area (Å²) in [5.74, 6) is 2.00. The van der Waals surface area contributed by atoms with Crippen molar-refractivity contribution in [3.63, 3.8) is 0 Å². The van der Waals surface area contributed by atoms with Gasteiger partial charge in [-0.25, -0.2) is 4.98 Å². The average Bonchev–Trinajstić information content (AvgIpc) is 2.62. The van der Waals surface area contributed by atoms with E-state index in [1.54, 1.807) is 0 Å². The minimum Gasteiger partial charge on any atom is -0.382 e. The second-order valence-corrected chi connectivity index (χ2v) is 4.41. The molecule has 0 amide bonds. The average molecular weight is 209 g/mol. The predicted octanol–water partition coefficient (Wildman–Crippen LogP) is 2.29. The van der Waals surface area contributed by atoms with Crippen LogP contribution in [0.25, 0.3) is 0 Å². The molecular weight excluding hydrogens is 190 g/mol. The van der Waals surface area contributed by atoms with Gasteiger partial charge in [-0.3, -0.25) is 0 Å². The largest absolute Gasteiger partial charge is 0.382 e. The van der Waals surface area contributed by atoms with E-state index >= 15 is 0 Å². The van der Waals surface area contributed by atoms with Gasteiger partial charge in [-0.1, -0.05) is 13.8 Å². The molecule has 0 aromatic carbocycles. The molecule has 0 saturated carbocycles. The van der Waals surface area contributed by atoms with Gasteiger partial charge in [0.15, 0.2) is 0 Å². The molecule has 1 aromatic heterocycles. The third-order valence-electron chi connectivity index (χ3n) is 2.76. The molecule has 4 heteroatoms. The lowest BCUT2D eigenvalue weighted by atomic mass is 10.1. The van der Waals surface area contributed by atoms with E-state index in [0.29, 0.717) is 11.7 Å². The number of hydrogen-bond donors (Lipinski definition) is 1. The van der Waals surface area contributed by atoms with E-state index in [9.17, 15) is 0 Å². The maximum atomic E-state index is 5.74. The van der Waals surface area contributed by atoms with Crippen LogP contribution in [0.15, 0.2) is 6.20 Å². The van der Waals surface area contributed by atoms with Crippen LogP contribution in [0.1, 0.15) is 51.1 Å². The quantitative estimate of drug-likeness (QED) is 0.813. The highest BCUT2D eigenvalue weighted by molar-refractivity contribution is 5.27. The Hall–Kier alpha value is -1.03. The molecule has 1 fully saturated rings. The van der Waals surface area contributed by atoms with Crippen LogP contribution < -0.4 is 5.73 Å². The highest BCUT2D eigenvalue weighted by Gasteiger charge is 2.20. The fourth-order valence-electron chi connectivity index (χ4n) is 2.03. The van der Waals surface area contributed by atoms with Crippen molar-refractivity contribution in [3.05, 3.63) is 12.0 Å². The Kier molecular flexibility index (Phi) is 2.95. The van der Waals surface area contributed by atoms with Crippen molar-refractivity contribution in [3.8, 4) is 0 Å². The number of hydrogen-bond acceptors (Lipinski definition) is 3. The van der Waals surface area contributed by atoms with E-state index in [1.165, 1.54) is 6.42 Å². The molecule has 4 nitrogen and oxygen atoms in total. The first-order valence-corrected chi connectivity index (χ1v) is 5.64. The Balaban J connectivity index is 2.25. The molecule has 0 spiro atoms. The third kappa shape index (κ3) is 2.15. The van der Waals surface area contributed by atoms with Crippen molar-refractivity contribution in [2.45, 2.75) is 45.3 Å². The Morgan fingerprint density at radius 3 is 2.93 bits per heavy atom. The van der Waals surface area contributed by atoms with Crippen molar-refractivity contribution in [2.75, 3.05) is 12.3 Å². The lowest BCUT2D eigenvalue weighted by Crippen LogP contribution is -2.20. The molecule has 0 bridgehead atoms. The summed E-state index contributed by atoms with van der Waals surface area (Å²) in [7, 11) is 0. The Labute approximate surface area is 90.4 Å². The van der Waals surface area contributed by atoms with Gasteiger partial charge in [0.25, 0.3) is 0 Å². The van der Waals surface area contributed by atoms with Crippen LogP contribution in [0.4, 0.5) is 5.82 Å². The summed E-state index contributed by atoms with van der Waals surface area (Å²) in [6.07, 6.45) is 5.49. The molecule has 1 aliphatic rings. The Morgan fingerprint density at radius 1 is 1.53 bits per heavy atom. The van der Waals surface area contributed by atoms with E-state index in [1.807, 2.05) is 6.20 Å². The molecule has 1 unspecified atom stereocenters. The summed E-state index contributed by atoms with van der Waals surface area (Å²) in [6.45, 7) is 5.10. The highest BCUT2D eigenvalue weighted by atomic mass is 16.5. The van der Waals surface area contributed by atoms with E-state index in [4.69, 9.17) is 10.5 Å². The molecule has 2 N–H and O–H groups in total. The number of imidazole rings is 1. The van der Waals surface area contributed by atoms with Gasteiger partial charge in [-0.15, -0.1) is 0 Å². The summed E-state index contributed by atoms with van der Waals surface area (Å²) in [4.78, 5) is 4.35. The molecule has 1 saturated heterocycles. The topological polar surface area (TPSA) is 53.1 Å². The normalized spacial score (nSPS) is 22.2. The maximum Gasteiger partial charge on any atom is 0.142 e. The second-order valence-electron chi connectivity index (χ2n) is 4.41. The van der Waals surface area contributed by atoms with Crippen LogP contribution in [-0.4, -0.2) is 16.2 Å². The van der Waals surface area contributed by atoms with Crippen molar-refractivity contribution in [1.29, 1.82) is 0 Å². The summed E-state index contributed by atoms with van der Waals surface area (Å²) in [6, 6.07) is 0. The first-order chi connectivity index (χ1) is 7.18. The van der Waals surface area contributed by atoms with Gasteiger partial charge in [0.05, 0.1) is 6.20 Å². The van der Waals surface area contributed by atoms with Crippen LogP contribution in [-0.2, 0) is 4.74 Å². The van der Waals surface area contributed by atoms with Crippen LogP contribution in [0, 0.1) is 0 Å². The molecule has 84 valence electrons. The smallest absolute Gasteiger partial charge is 0.142 e. The van der Waals surface area contributed by atoms with Crippen molar-refractivity contribution in [1.82, 2.24) is 9.55 Å². The standard InChI is InChI=1S/C11H19N3O/c1-8(2)11-13-9(12)7-14(11)10-5-3-4-6-15-10/h7-8,10H,3-6,12H2,1-2H3. The number of nitrogens with two attached hydrogens (primary N) is 1. The lowest BCUT2D eigenvalue weighted by molar-refractivity contribution is -0.0339. The molecule has 1 aromatic rings. The third-order valence-corrected chi connectivity index (χ3v) is 2.76. The monoisotopic (exact) mass is 209 g/mol. The van der Waals surface area contributed by atoms with Gasteiger partial charge in [0.1, 0.15) is 17.9 Å². The van der Waals surface area contributed by atoms with E-state index < -0.39 is 0 Å². The van der Waals surface area contributed by atoms with E-state index in [0.717, 1.165) is 25.3 Å². The number of ether oxygens (including phenoxy) is 1. The molecule has 15 heavy (non-hydrogen) atoms. The summed E-state index contributed by atoms with van der Waals surface area (Å²) in [5.41, 5.74) is 5.74. The van der Waals surface area contributed by atoms with Crippen LogP contribution >= 0.6 is 0 Å². The maximum absolute atomic E-state index is 5.74. The zero-order chi connectivity index (χ0) is 10.8. The number of nitrogen functional groups attached to an aromatic ring is 1. The van der Waals surface area contributed by atoms with Gasteiger partial charge in [0, 0.05) is 12.5 Å². The Morgan fingerprint density at radius 2 is 2.33 bits per heavy atom. The number of rotatable bonds is 2. The molecular formula is C11H19N3O. The fourth-order valence-corrected chi connectivity index (χ4v) is 2.03. The molecule has 2 rings (SSSR count). The number of anilines is 1. The fraction of sp³-hybridized carbons (Fsp3) is 0.727. The lowest BCUT2D eigenvalue weighted by Gasteiger charge is -2.25. The first-order valence-electron chi connectivity index (χ1n) is 5.64. The zero-order valence-corrected chi connectivity index (χ0v) is 9.44. The SMILES string of the molecule is CC(C)c1nc(N)cn1C1CCCCO1. The number of nitrogens with zero attached hydrogens (tertiary/aromatic N) is 2. The Bertz CT molecular complexity index is 327. The van der Waals surface area contributed by atoms with Gasteiger partial charge in [-0.2, -0.15) is 0 Å². The van der Waals surface area contributed by atoms with Gasteiger partial charge in [0.2, 0.25) is 0 Å². The van der Waals surface area contributed by atoms with Gasteiger partial charge >= 0.3 is 0 Å². The summed E-state index contributed by atoms with van der Waals surface area (Å²) >= 11 is 0. The van der Waals surface area contributed by atoms with Crippen LogP contribution in [0.3, 0.4) is 0 Å². The molecule has 0 radical (unpaired) electrons. The van der Waals surface area contributed by atoms with Gasteiger partial charge in [-0.05, 0) is 19.3 Å². The van der Waals surface area contributed by atoms with Crippen LogP contribution in [0.2, 0.25) is 0 Å². The van der Waals surface area contributed by atoms with E-state index in [2.05, 4.69) is 23.4 Å². The predicted molar refractivity (Wildman–Crippen MR) is 59.6 cm³/mol. The van der Waals surface area contributed by atoms with Crippen molar-refractivity contribution in [2.24, 2.45) is 0 Å². The van der Waals surface area contributed by atoms with Crippen LogP contribution in [0.5, 0.6) is 0 Å². The summed E-state index contributed by atoms with van der Waals surface area (Å²) in [5, 5.41) is 0. The highest BCUT2D eigenvalue weighted by Crippen LogP contribution is 2.27. The van der Waals surface area contributed by atoms with Crippen molar-refractivity contribution < 1.29 is 4.74 Å². The molecule has 2 heterocycles. The van der Waals surface area contributed by atoms with Crippen molar-refractivity contribution >= 4 is 5.82 Å². The van der Waals surface area contributed by atoms with E-state index in [-0.39, 0.29) is 6.23 Å². The second kappa shape index (κ2) is 4.23. The summed E-state index contributed by atoms with van der Waals surface area (Å²) < 4.78 is 7.83. The zero-order valence-electron chi connectivity index (χ0n) is 9.44. The minimum atomic E-state index is 0.140. The molecule has 1 aliphatic heterocycles. The molecule has 0 aliphatic carbocycles. The minimum absolute atomic E-state index is 0.140. The first kappa shape index (κ1) is 10.5.